The molecule has 184 valence electrons. The van der Waals surface area contributed by atoms with Crippen molar-refractivity contribution in [2.24, 2.45) is 11.5 Å². The van der Waals surface area contributed by atoms with Crippen LogP contribution in [0.3, 0.4) is 0 Å². The van der Waals surface area contributed by atoms with Gasteiger partial charge in [-0.25, -0.2) is 9.78 Å². The third-order valence-electron chi connectivity index (χ3n) is 4.66. The molecule has 0 spiro atoms. The fraction of sp³-hybridized carbons (Fsp3) is 0.579. The number of H-pyrrole nitrogens is 1. The van der Waals surface area contributed by atoms with Crippen molar-refractivity contribution in [3.63, 3.8) is 0 Å². The number of imidazole rings is 1. The van der Waals surface area contributed by atoms with Gasteiger partial charge in [0.15, 0.2) is 0 Å². The van der Waals surface area contributed by atoms with E-state index in [4.69, 9.17) is 21.7 Å². The average molecular weight is 469 g/mol. The summed E-state index contributed by atoms with van der Waals surface area (Å²) in [5.41, 5.74) is 11.7. The summed E-state index contributed by atoms with van der Waals surface area (Å²) in [6.07, 6.45) is 3.58. The second-order valence-electron chi connectivity index (χ2n) is 7.46. The number of amides is 3. The lowest BCUT2D eigenvalue weighted by Gasteiger charge is -2.23. The number of rotatable bonds is 15. The van der Waals surface area contributed by atoms with Crippen LogP contribution in [0.15, 0.2) is 12.5 Å². The molecular weight excluding hydrogens is 438 g/mol. The largest absolute Gasteiger partial charge is 0.481 e. The van der Waals surface area contributed by atoms with Gasteiger partial charge in [-0.3, -0.25) is 19.2 Å². The molecule has 3 amide bonds. The maximum atomic E-state index is 12.7. The Labute approximate surface area is 189 Å². The first-order valence-electron chi connectivity index (χ1n) is 10.3. The van der Waals surface area contributed by atoms with Crippen LogP contribution in [-0.4, -0.2) is 80.6 Å². The number of carboxylic acid groups (broad SMARTS) is 2. The van der Waals surface area contributed by atoms with E-state index in [1.54, 1.807) is 0 Å². The summed E-state index contributed by atoms with van der Waals surface area (Å²) in [5, 5.41) is 25.0. The van der Waals surface area contributed by atoms with Gasteiger partial charge in [0.1, 0.15) is 18.1 Å². The molecule has 33 heavy (non-hydrogen) atoms. The third-order valence-corrected chi connectivity index (χ3v) is 4.66. The van der Waals surface area contributed by atoms with Gasteiger partial charge in [-0.2, -0.15) is 0 Å². The second-order valence-corrected chi connectivity index (χ2v) is 7.46. The van der Waals surface area contributed by atoms with Crippen molar-refractivity contribution >= 4 is 29.7 Å². The highest BCUT2D eigenvalue weighted by molar-refractivity contribution is 5.94. The summed E-state index contributed by atoms with van der Waals surface area (Å²) in [7, 11) is 0. The Morgan fingerprint density at radius 3 is 2.24 bits per heavy atom. The van der Waals surface area contributed by atoms with E-state index in [-0.39, 0.29) is 6.42 Å². The molecule has 1 heterocycles. The average Bonchev–Trinajstić information content (AvgIpc) is 3.25. The second kappa shape index (κ2) is 13.8. The van der Waals surface area contributed by atoms with Crippen molar-refractivity contribution in [3.8, 4) is 0 Å². The zero-order chi connectivity index (χ0) is 25.0. The number of carbonyl (C=O) groups excluding carboxylic acids is 3. The summed E-state index contributed by atoms with van der Waals surface area (Å²) in [4.78, 5) is 66.2. The van der Waals surface area contributed by atoms with Gasteiger partial charge < -0.3 is 42.6 Å². The molecule has 1 rings (SSSR count). The molecule has 1 aromatic rings. The van der Waals surface area contributed by atoms with Gasteiger partial charge in [0.2, 0.25) is 17.7 Å². The lowest BCUT2D eigenvalue weighted by Crippen LogP contribution is -2.57. The lowest BCUT2D eigenvalue weighted by atomic mass is 10.1. The van der Waals surface area contributed by atoms with Gasteiger partial charge in [-0.1, -0.05) is 6.42 Å². The fourth-order valence-corrected chi connectivity index (χ4v) is 2.79. The molecular formula is C19H31N7O7. The van der Waals surface area contributed by atoms with E-state index in [1.807, 2.05) is 0 Å². The summed E-state index contributed by atoms with van der Waals surface area (Å²) in [6.45, 7) is 1.87. The van der Waals surface area contributed by atoms with Gasteiger partial charge >= 0.3 is 11.9 Å². The summed E-state index contributed by atoms with van der Waals surface area (Å²) >= 11 is 0. The number of unbranched alkanes of at least 4 members (excludes halogenated alkanes) is 1. The third kappa shape index (κ3) is 10.1. The zero-order valence-electron chi connectivity index (χ0n) is 18.2. The van der Waals surface area contributed by atoms with Crippen LogP contribution in [0.2, 0.25) is 0 Å². The van der Waals surface area contributed by atoms with E-state index in [9.17, 15) is 24.0 Å². The highest BCUT2D eigenvalue weighted by Crippen LogP contribution is 2.03. The number of carboxylic acids is 2. The number of hydrogen-bond acceptors (Lipinski definition) is 8. The van der Waals surface area contributed by atoms with E-state index in [2.05, 4.69) is 25.9 Å². The minimum absolute atomic E-state index is 0.0871. The van der Waals surface area contributed by atoms with Crippen LogP contribution >= 0.6 is 0 Å². The quantitative estimate of drug-likeness (QED) is 0.125. The van der Waals surface area contributed by atoms with Gasteiger partial charge in [-0.15, -0.1) is 0 Å². The van der Waals surface area contributed by atoms with Crippen molar-refractivity contribution in [1.29, 1.82) is 0 Å². The summed E-state index contributed by atoms with van der Waals surface area (Å²) < 4.78 is 0. The van der Waals surface area contributed by atoms with Crippen molar-refractivity contribution in [1.82, 2.24) is 25.9 Å². The molecule has 0 aromatic carbocycles. The Bertz CT molecular complexity index is 815. The van der Waals surface area contributed by atoms with E-state index < -0.39 is 60.2 Å². The Kier molecular flexibility index (Phi) is 11.5. The van der Waals surface area contributed by atoms with Crippen molar-refractivity contribution in [2.75, 3.05) is 6.54 Å². The zero-order valence-corrected chi connectivity index (χ0v) is 18.2. The fourth-order valence-electron chi connectivity index (χ4n) is 2.79. The molecule has 0 aliphatic carbocycles. The van der Waals surface area contributed by atoms with Crippen LogP contribution in [0.5, 0.6) is 0 Å². The molecule has 4 unspecified atom stereocenters. The van der Waals surface area contributed by atoms with E-state index in [1.165, 1.54) is 19.4 Å². The van der Waals surface area contributed by atoms with Crippen LogP contribution in [0.4, 0.5) is 0 Å². The Hall–Kier alpha value is -3.52. The van der Waals surface area contributed by atoms with E-state index >= 15 is 0 Å². The Morgan fingerprint density at radius 2 is 1.70 bits per heavy atom. The number of nitrogens with two attached hydrogens (primary N) is 2. The molecule has 10 N–H and O–H groups in total. The first kappa shape index (κ1) is 27.5. The monoisotopic (exact) mass is 469 g/mol. The van der Waals surface area contributed by atoms with Crippen LogP contribution in [0.1, 0.15) is 38.3 Å². The molecule has 0 saturated carbocycles. The number of aromatic amines is 1. The molecule has 14 nitrogen and oxygen atoms in total. The van der Waals surface area contributed by atoms with Gasteiger partial charge in [0, 0.05) is 18.3 Å². The number of hydrogen-bond donors (Lipinski definition) is 8. The molecule has 0 fully saturated rings. The van der Waals surface area contributed by atoms with Gasteiger partial charge in [-0.05, 0) is 26.3 Å². The molecule has 14 heteroatoms. The highest BCUT2D eigenvalue weighted by atomic mass is 16.4. The smallest absolute Gasteiger partial charge is 0.326 e. The standard InChI is InChI=1S/C19H31N7O7/c1-10(24-17(30)12(21)4-2-3-5-20)16(29)25-13(6-11-8-22-9-23-11)18(31)26-14(19(32)33)7-15(27)28/h8-10,12-14H,2-7,20-21H2,1H3,(H,22,23)(H,24,30)(H,25,29)(H,26,31)(H,27,28)(H,32,33). The minimum Gasteiger partial charge on any atom is -0.481 e. The number of nitrogens with one attached hydrogen (secondary N) is 4. The Balaban J connectivity index is 2.82. The van der Waals surface area contributed by atoms with Crippen molar-refractivity contribution in [3.05, 3.63) is 18.2 Å². The van der Waals surface area contributed by atoms with E-state index in [0.29, 0.717) is 31.5 Å². The molecule has 4 atom stereocenters. The molecule has 0 saturated heterocycles. The SMILES string of the molecule is CC(NC(=O)C(N)CCCCN)C(=O)NC(Cc1cnc[nH]1)C(=O)NC(CC(=O)O)C(=O)O. The molecule has 0 bridgehead atoms. The summed E-state index contributed by atoms with van der Waals surface area (Å²) in [5.74, 6) is -5.14. The maximum absolute atomic E-state index is 12.7. The Morgan fingerprint density at radius 1 is 1.03 bits per heavy atom. The number of carbonyl (C=O) groups is 5. The molecule has 1 aromatic heterocycles. The van der Waals surface area contributed by atoms with Gasteiger partial charge in [0.05, 0.1) is 18.8 Å². The summed E-state index contributed by atoms with van der Waals surface area (Å²) in [6, 6.07) is -4.85. The topological polar surface area (TPSA) is 243 Å². The van der Waals surface area contributed by atoms with Crippen molar-refractivity contribution < 1.29 is 34.2 Å². The van der Waals surface area contributed by atoms with Crippen LogP contribution in [0, 0.1) is 0 Å². The highest BCUT2D eigenvalue weighted by Gasteiger charge is 2.30. The lowest BCUT2D eigenvalue weighted by molar-refractivity contribution is -0.147. The molecule has 0 radical (unpaired) electrons. The molecule has 0 aliphatic rings. The predicted octanol–water partition coefficient (Wildman–Crippen LogP) is -2.56. The predicted molar refractivity (Wildman–Crippen MR) is 115 cm³/mol. The normalized spacial score (nSPS) is 14.4. The number of aromatic nitrogens is 2. The van der Waals surface area contributed by atoms with Crippen LogP contribution < -0.4 is 27.4 Å². The van der Waals surface area contributed by atoms with Crippen LogP contribution in [-0.2, 0) is 30.4 Å². The first-order valence-corrected chi connectivity index (χ1v) is 10.3. The molecule has 0 aliphatic heterocycles. The number of nitrogens with zero attached hydrogens (tertiary/aromatic N) is 1. The minimum atomic E-state index is -1.69. The maximum Gasteiger partial charge on any atom is 0.326 e. The van der Waals surface area contributed by atoms with Crippen LogP contribution in [0.25, 0.3) is 0 Å². The van der Waals surface area contributed by atoms with Gasteiger partial charge in [0.25, 0.3) is 0 Å². The van der Waals surface area contributed by atoms with E-state index in [0.717, 1.165) is 0 Å². The first-order chi connectivity index (χ1) is 15.5. The van der Waals surface area contributed by atoms with Crippen molar-refractivity contribution in [2.45, 2.75) is 63.2 Å². The number of aliphatic carboxylic acids is 2.